The van der Waals surface area contributed by atoms with Crippen LogP contribution in [0.25, 0.3) is 10.9 Å². The number of fused-ring (bicyclic) bond motifs is 1. The van der Waals surface area contributed by atoms with E-state index in [0.29, 0.717) is 13.2 Å². The van der Waals surface area contributed by atoms with E-state index in [1.54, 1.807) is 0 Å². The molecule has 0 bridgehead atoms. The first-order chi connectivity index (χ1) is 10.7. The molecule has 2 rings (SSSR count). The second kappa shape index (κ2) is 8.71. The van der Waals surface area contributed by atoms with Crippen molar-refractivity contribution in [1.82, 2.24) is 4.98 Å². The highest BCUT2D eigenvalue weighted by Gasteiger charge is 2.08. The molecule has 0 saturated carbocycles. The molecule has 22 heavy (non-hydrogen) atoms. The quantitative estimate of drug-likeness (QED) is 0.558. The number of nitrogens with one attached hydrogen (secondary N) is 1. The van der Waals surface area contributed by atoms with Gasteiger partial charge in [0.25, 0.3) is 0 Å². The van der Waals surface area contributed by atoms with Crippen LogP contribution >= 0.6 is 0 Å². The van der Waals surface area contributed by atoms with Crippen LogP contribution in [0.1, 0.15) is 32.4 Å². The average molecular weight is 302 g/mol. The highest BCUT2D eigenvalue weighted by atomic mass is 16.7. The Hall–Kier alpha value is -1.65. The number of aryl methyl sites for hydroxylation is 1. The van der Waals surface area contributed by atoms with Crippen molar-refractivity contribution < 1.29 is 9.47 Å². The van der Waals surface area contributed by atoms with Crippen molar-refractivity contribution in [2.75, 3.05) is 25.1 Å². The monoisotopic (exact) mass is 302 g/mol. The minimum atomic E-state index is -0.0901. The number of benzene rings is 1. The van der Waals surface area contributed by atoms with Gasteiger partial charge in [-0.2, -0.15) is 0 Å². The summed E-state index contributed by atoms with van der Waals surface area (Å²) in [5.41, 5.74) is 3.21. The minimum absolute atomic E-state index is 0.0901. The van der Waals surface area contributed by atoms with Gasteiger partial charge in [-0.15, -0.1) is 0 Å². The van der Waals surface area contributed by atoms with Gasteiger partial charge in [0.1, 0.15) is 0 Å². The number of nitrogens with zero attached hydrogens (tertiary/aromatic N) is 1. The Labute approximate surface area is 132 Å². The highest BCUT2D eigenvalue weighted by Crippen LogP contribution is 2.22. The van der Waals surface area contributed by atoms with Gasteiger partial charge in [-0.25, -0.2) is 0 Å². The first kappa shape index (κ1) is 16.7. The summed E-state index contributed by atoms with van der Waals surface area (Å²) in [5.74, 6) is 0. The number of hydrogen-bond acceptors (Lipinski definition) is 4. The lowest BCUT2D eigenvalue weighted by Gasteiger charge is -2.17. The molecule has 4 heteroatoms. The predicted octanol–water partition coefficient (Wildman–Crippen LogP) is 4.13. The Morgan fingerprint density at radius 2 is 1.86 bits per heavy atom. The lowest BCUT2D eigenvalue weighted by Crippen LogP contribution is -2.18. The number of anilines is 1. The largest absolute Gasteiger partial charge is 0.384 e. The fraction of sp³-hybridized carbons (Fsp3) is 0.500. The van der Waals surface area contributed by atoms with E-state index in [1.807, 2.05) is 39.0 Å². The van der Waals surface area contributed by atoms with Gasteiger partial charge in [0, 0.05) is 42.9 Å². The van der Waals surface area contributed by atoms with Gasteiger partial charge in [0.05, 0.1) is 5.52 Å². The van der Waals surface area contributed by atoms with Gasteiger partial charge in [-0.3, -0.25) is 4.98 Å². The third kappa shape index (κ3) is 4.68. The molecule has 0 saturated heterocycles. The molecule has 1 heterocycles. The zero-order valence-electron chi connectivity index (χ0n) is 13.8. The Balaban J connectivity index is 1.92. The summed E-state index contributed by atoms with van der Waals surface area (Å²) >= 11 is 0. The Bertz CT molecular complexity index is 580. The van der Waals surface area contributed by atoms with Crippen molar-refractivity contribution in [3.05, 3.63) is 36.0 Å². The van der Waals surface area contributed by atoms with E-state index in [0.717, 1.165) is 36.3 Å². The van der Waals surface area contributed by atoms with Gasteiger partial charge >= 0.3 is 0 Å². The van der Waals surface area contributed by atoms with Gasteiger partial charge < -0.3 is 14.8 Å². The van der Waals surface area contributed by atoms with Crippen molar-refractivity contribution in [1.29, 1.82) is 0 Å². The van der Waals surface area contributed by atoms with Gasteiger partial charge in [-0.05, 0) is 39.3 Å². The smallest absolute Gasteiger partial charge is 0.157 e. The third-order valence-electron chi connectivity index (χ3n) is 3.48. The predicted molar refractivity (Wildman–Crippen MR) is 91.2 cm³/mol. The maximum absolute atomic E-state index is 5.56. The molecule has 120 valence electrons. The molecule has 1 N–H and O–H groups in total. The number of pyridine rings is 1. The first-order valence-electron chi connectivity index (χ1n) is 8.08. The Morgan fingerprint density at radius 1 is 1.14 bits per heavy atom. The van der Waals surface area contributed by atoms with Gasteiger partial charge in [-0.1, -0.05) is 18.2 Å². The zero-order chi connectivity index (χ0) is 15.8. The van der Waals surface area contributed by atoms with E-state index in [4.69, 9.17) is 9.47 Å². The number of rotatable bonds is 9. The molecular weight excluding hydrogens is 276 g/mol. The van der Waals surface area contributed by atoms with Crippen LogP contribution in [0.5, 0.6) is 0 Å². The molecule has 0 aliphatic rings. The van der Waals surface area contributed by atoms with Crippen LogP contribution in [-0.2, 0) is 9.47 Å². The van der Waals surface area contributed by atoms with Crippen LogP contribution in [0.15, 0.2) is 30.3 Å². The van der Waals surface area contributed by atoms with Gasteiger partial charge in [0.15, 0.2) is 6.29 Å². The molecule has 0 aliphatic carbocycles. The standard InChI is InChI=1S/C18H26N2O2/c1-4-21-18(22-5-2)11-8-12-19-17-13-14(3)20-16-10-7-6-9-15(16)17/h6-7,9-10,13,18H,4-5,8,11-12H2,1-3H3,(H,19,20). The second-order valence-corrected chi connectivity index (χ2v) is 5.24. The highest BCUT2D eigenvalue weighted by molar-refractivity contribution is 5.91. The topological polar surface area (TPSA) is 43.4 Å². The fourth-order valence-electron chi connectivity index (χ4n) is 2.53. The molecule has 1 aromatic heterocycles. The molecule has 0 fully saturated rings. The summed E-state index contributed by atoms with van der Waals surface area (Å²) in [6, 6.07) is 10.3. The molecule has 0 atom stereocenters. The lowest BCUT2D eigenvalue weighted by atomic mass is 10.1. The van der Waals surface area contributed by atoms with E-state index in [2.05, 4.69) is 22.4 Å². The third-order valence-corrected chi connectivity index (χ3v) is 3.48. The molecule has 0 unspecified atom stereocenters. The van der Waals surface area contributed by atoms with Crippen molar-refractivity contribution in [3.8, 4) is 0 Å². The van der Waals surface area contributed by atoms with Crippen molar-refractivity contribution >= 4 is 16.6 Å². The number of para-hydroxylation sites is 1. The zero-order valence-corrected chi connectivity index (χ0v) is 13.8. The normalized spacial score (nSPS) is 11.3. The Morgan fingerprint density at radius 3 is 2.59 bits per heavy atom. The lowest BCUT2D eigenvalue weighted by molar-refractivity contribution is -0.139. The number of ether oxygens (including phenoxy) is 2. The summed E-state index contributed by atoms with van der Waals surface area (Å²) in [7, 11) is 0. The molecule has 0 spiro atoms. The van der Waals surface area contributed by atoms with E-state index >= 15 is 0 Å². The molecule has 1 aromatic carbocycles. The summed E-state index contributed by atoms with van der Waals surface area (Å²) in [6.07, 6.45) is 1.81. The summed E-state index contributed by atoms with van der Waals surface area (Å²) in [5, 5.41) is 4.68. The van der Waals surface area contributed by atoms with Crippen LogP contribution in [0, 0.1) is 6.92 Å². The molecule has 0 aliphatic heterocycles. The summed E-state index contributed by atoms with van der Waals surface area (Å²) < 4.78 is 11.1. The fourth-order valence-corrected chi connectivity index (χ4v) is 2.53. The molecular formula is C18H26N2O2. The molecule has 4 nitrogen and oxygen atoms in total. The van der Waals surface area contributed by atoms with E-state index in [9.17, 15) is 0 Å². The maximum Gasteiger partial charge on any atom is 0.157 e. The van der Waals surface area contributed by atoms with Crippen LogP contribution in [0.2, 0.25) is 0 Å². The van der Waals surface area contributed by atoms with E-state index in [1.165, 1.54) is 5.39 Å². The van der Waals surface area contributed by atoms with Crippen LogP contribution in [0.3, 0.4) is 0 Å². The van der Waals surface area contributed by atoms with Crippen LogP contribution in [0.4, 0.5) is 5.69 Å². The molecule has 0 amide bonds. The summed E-state index contributed by atoms with van der Waals surface area (Å²) in [4.78, 5) is 4.56. The Kier molecular flexibility index (Phi) is 6.62. The van der Waals surface area contributed by atoms with E-state index < -0.39 is 0 Å². The minimum Gasteiger partial charge on any atom is -0.384 e. The van der Waals surface area contributed by atoms with Crippen molar-refractivity contribution in [2.24, 2.45) is 0 Å². The maximum atomic E-state index is 5.56. The SMILES string of the molecule is CCOC(CCCNc1cc(C)nc2ccccc12)OCC. The van der Waals surface area contributed by atoms with Crippen molar-refractivity contribution in [2.45, 2.75) is 39.9 Å². The van der Waals surface area contributed by atoms with Crippen LogP contribution < -0.4 is 5.32 Å². The molecule has 2 aromatic rings. The van der Waals surface area contributed by atoms with E-state index in [-0.39, 0.29) is 6.29 Å². The molecule has 0 radical (unpaired) electrons. The summed E-state index contributed by atoms with van der Waals surface area (Å²) in [6.45, 7) is 8.28. The number of hydrogen-bond donors (Lipinski definition) is 1. The van der Waals surface area contributed by atoms with Crippen molar-refractivity contribution in [3.63, 3.8) is 0 Å². The van der Waals surface area contributed by atoms with Crippen LogP contribution in [-0.4, -0.2) is 31.0 Å². The number of aromatic nitrogens is 1. The average Bonchev–Trinajstić information content (AvgIpc) is 2.51. The first-order valence-corrected chi connectivity index (χ1v) is 8.08. The second-order valence-electron chi connectivity index (χ2n) is 5.24. The van der Waals surface area contributed by atoms with Gasteiger partial charge in [0.2, 0.25) is 0 Å².